The minimum atomic E-state index is -0.429. The number of benzene rings is 7. The fraction of sp³-hybridized carbons (Fsp3) is 0.202. The Morgan fingerprint density at radius 2 is 0.713 bits per heavy atom. The molecule has 0 fully saturated rings. The Morgan fingerprint density at radius 3 is 1.07 bits per heavy atom. The minimum Gasteiger partial charge on any atom is -0.449 e. The van der Waals surface area contributed by atoms with Gasteiger partial charge in [0.2, 0.25) is 47.2 Å². The van der Waals surface area contributed by atoms with Crippen LogP contribution in [0.5, 0.6) is 0 Å². The molecule has 5 heterocycles. The van der Waals surface area contributed by atoms with Gasteiger partial charge in [-0.3, -0.25) is 43.3 Å². The van der Waals surface area contributed by atoms with E-state index >= 15 is 0 Å². The Labute approximate surface area is 634 Å². The van der Waals surface area contributed by atoms with Gasteiger partial charge in [0.1, 0.15) is 36.6 Å². The molecule has 0 saturated heterocycles. The number of hydrogen-bond donors (Lipinski definition) is 0. The molecule has 0 aliphatic heterocycles. The first-order valence-corrected chi connectivity index (χ1v) is 35.2. The SMILES string of the molecule is CCC(=O)N(C)c1ccc(-c2ccc(C(=O)Cc3ncco3)cc2)c(C)c1.CCC(=O)N(C)c1ccc(-c2ccc(C(=O)Cc3ncco3)cc2)c(Cl)c1.CCC(=O)N(C)c1ccc(-c2ccc(C(=O)Cc3ncco3)cc2)c(F)c1.CCC(=O)N(C)c1ccc(-c2ccc(C(=O)Cc3ncco3)nc2)cc1Cl. The molecule has 0 radical (unpaired) electrons. The number of oxazole rings is 4. The standard InChI is InChI=1S/C22H22N2O3.C21H19ClN2O3.C21H19FN2O3.C20H18ClN3O3/c1-4-22(26)24(3)18-9-10-19(15(2)13-18)16-5-7-17(8-6-16)20(25)14-21-23-11-12-27-21;2*1-3-21(26)24(2)16-8-9-17(18(22)12-16)14-4-6-15(7-5-14)19(25)13-20-23-10-11-27-20;1-3-20(26)24(2)17-7-5-13(10-15(17)21)14-4-6-16(23-12-14)18(25)11-19-22-8-9-27-19/h5-13H,4,14H2,1-3H3;2*4-12H,3,13H2,1-2H3;4-10,12H,3,11H2,1-2H3. The van der Waals surface area contributed by atoms with Gasteiger partial charge in [-0.15, -0.1) is 0 Å². The average Bonchev–Trinajstić information content (AvgIpc) is 0.997. The summed E-state index contributed by atoms with van der Waals surface area (Å²) in [6.45, 7) is 9.25. The lowest BCUT2D eigenvalue weighted by molar-refractivity contribution is -0.118. The monoisotopic (exact) mass is 1490 g/mol. The molecule has 24 heteroatoms. The fourth-order valence-electron chi connectivity index (χ4n) is 11.1. The van der Waals surface area contributed by atoms with Crippen molar-refractivity contribution in [2.75, 3.05) is 47.8 Å². The third kappa shape index (κ3) is 21.0. The van der Waals surface area contributed by atoms with Crippen LogP contribution in [0, 0.1) is 12.7 Å². The van der Waals surface area contributed by atoms with Gasteiger partial charge in [0.25, 0.3) is 0 Å². The highest BCUT2D eigenvalue weighted by atomic mass is 35.5. The summed E-state index contributed by atoms with van der Waals surface area (Å²) in [7, 11) is 6.83. The number of amides is 4. The predicted octanol–water partition coefficient (Wildman–Crippen LogP) is 17.7. The minimum absolute atomic E-state index is 0.0137. The van der Waals surface area contributed by atoms with E-state index in [9.17, 15) is 42.7 Å². The molecule has 12 rings (SSSR count). The zero-order valence-electron chi connectivity index (χ0n) is 60.9. The molecule has 12 aromatic rings. The Balaban J connectivity index is 0.000000166. The summed E-state index contributed by atoms with van der Waals surface area (Å²) in [6.07, 6.45) is 15.5. The number of anilines is 4. The number of carbonyl (C=O) groups is 8. The fourth-order valence-corrected chi connectivity index (χ4v) is 11.7. The van der Waals surface area contributed by atoms with Gasteiger partial charge in [-0.1, -0.05) is 148 Å². The van der Waals surface area contributed by atoms with E-state index in [0.717, 1.165) is 50.3 Å². The summed E-state index contributed by atoms with van der Waals surface area (Å²) >= 11 is 12.8. The maximum absolute atomic E-state index is 14.5. The Hall–Kier alpha value is -12.4. The lowest BCUT2D eigenvalue weighted by Crippen LogP contribution is -2.25. The van der Waals surface area contributed by atoms with Crippen molar-refractivity contribution in [1.29, 1.82) is 0 Å². The predicted molar refractivity (Wildman–Crippen MR) is 413 cm³/mol. The topological polar surface area (TPSA) is 267 Å². The molecular formula is C84H78Cl2FN9O12. The number of hydrogen-bond acceptors (Lipinski definition) is 17. The van der Waals surface area contributed by atoms with Crippen LogP contribution in [0.1, 0.15) is 124 Å². The number of ketones is 4. The molecule has 0 spiro atoms. The van der Waals surface area contributed by atoms with Crippen molar-refractivity contribution in [1.82, 2.24) is 24.9 Å². The lowest BCUT2D eigenvalue weighted by atomic mass is 9.97. The van der Waals surface area contributed by atoms with Crippen molar-refractivity contribution < 1.29 is 60.4 Å². The third-order valence-electron chi connectivity index (χ3n) is 17.4. The first kappa shape index (κ1) is 79.7. The second kappa shape index (κ2) is 38.0. The van der Waals surface area contributed by atoms with Crippen LogP contribution >= 0.6 is 23.2 Å². The second-order valence-corrected chi connectivity index (χ2v) is 25.3. The van der Waals surface area contributed by atoms with Crippen LogP contribution < -0.4 is 19.6 Å². The quantitative estimate of drug-likeness (QED) is 0.0509. The number of carbonyl (C=O) groups excluding carboxylic acids is 8. The number of aryl methyl sites for hydroxylation is 1. The van der Waals surface area contributed by atoms with Crippen LogP contribution in [-0.2, 0) is 44.9 Å². The van der Waals surface area contributed by atoms with E-state index in [1.807, 2.05) is 99.6 Å². The molecule has 108 heavy (non-hydrogen) atoms. The number of aromatic nitrogens is 5. The summed E-state index contributed by atoms with van der Waals surface area (Å²) in [4.78, 5) is 123. The molecule has 0 N–H and O–H groups in total. The summed E-state index contributed by atoms with van der Waals surface area (Å²) in [5.41, 5.74) is 12.4. The molecule has 0 bridgehead atoms. The lowest BCUT2D eigenvalue weighted by Gasteiger charge is -2.18. The first-order chi connectivity index (χ1) is 52.0. The van der Waals surface area contributed by atoms with Crippen LogP contribution in [0.15, 0.2) is 231 Å². The molecule has 5 aromatic heterocycles. The van der Waals surface area contributed by atoms with E-state index in [1.54, 1.807) is 131 Å². The number of pyridine rings is 1. The molecule has 7 aromatic carbocycles. The van der Waals surface area contributed by atoms with E-state index in [-0.39, 0.29) is 72.4 Å². The molecule has 0 atom stereocenters. The van der Waals surface area contributed by atoms with E-state index in [0.29, 0.717) is 104 Å². The summed E-state index contributed by atoms with van der Waals surface area (Å²) in [5.74, 6) is 0.713. The molecule has 0 saturated carbocycles. The molecular weight excluding hydrogens is 1420 g/mol. The zero-order valence-corrected chi connectivity index (χ0v) is 62.4. The van der Waals surface area contributed by atoms with Gasteiger partial charge >= 0.3 is 0 Å². The largest absolute Gasteiger partial charge is 0.449 e. The number of nitrogens with zero attached hydrogens (tertiary/aromatic N) is 9. The molecule has 0 aliphatic carbocycles. The second-order valence-electron chi connectivity index (χ2n) is 24.5. The summed E-state index contributed by atoms with van der Waals surface area (Å²) in [6, 6.07) is 46.5. The average molecular weight is 1500 g/mol. The summed E-state index contributed by atoms with van der Waals surface area (Å²) in [5, 5.41) is 1.02. The number of Topliss-reactive ketones (excluding diaryl/α,β-unsaturated/α-hetero) is 4. The zero-order chi connectivity index (χ0) is 77.6. The number of halogens is 3. The molecule has 4 amide bonds. The van der Waals surface area contributed by atoms with Gasteiger partial charge in [-0.25, -0.2) is 24.3 Å². The first-order valence-electron chi connectivity index (χ1n) is 34.5. The molecule has 0 unspecified atom stereocenters. The highest BCUT2D eigenvalue weighted by Crippen LogP contribution is 2.35. The maximum atomic E-state index is 14.5. The van der Waals surface area contributed by atoms with Crippen molar-refractivity contribution in [3.63, 3.8) is 0 Å². The van der Waals surface area contributed by atoms with E-state index in [1.165, 1.54) is 65.7 Å². The van der Waals surface area contributed by atoms with Gasteiger partial charge in [-0.05, 0) is 101 Å². The van der Waals surface area contributed by atoms with Gasteiger partial charge in [0.15, 0.2) is 23.1 Å². The van der Waals surface area contributed by atoms with Crippen molar-refractivity contribution in [2.24, 2.45) is 0 Å². The van der Waals surface area contributed by atoms with Gasteiger partial charge in [-0.2, -0.15) is 0 Å². The van der Waals surface area contributed by atoms with Crippen molar-refractivity contribution in [3.05, 3.63) is 281 Å². The smallest absolute Gasteiger partial charge is 0.226 e. The van der Waals surface area contributed by atoms with Gasteiger partial charge in [0.05, 0.1) is 66.2 Å². The maximum Gasteiger partial charge on any atom is 0.226 e. The van der Waals surface area contributed by atoms with Gasteiger partial charge < -0.3 is 37.3 Å². The van der Waals surface area contributed by atoms with Crippen LogP contribution in [0.4, 0.5) is 27.1 Å². The van der Waals surface area contributed by atoms with E-state index in [2.05, 4.69) is 24.9 Å². The highest BCUT2D eigenvalue weighted by Gasteiger charge is 2.20. The van der Waals surface area contributed by atoms with Crippen LogP contribution in [0.3, 0.4) is 0 Å². The van der Waals surface area contributed by atoms with E-state index < -0.39 is 5.82 Å². The van der Waals surface area contributed by atoms with Crippen LogP contribution in [0.25, 0.3) is 44.5 Å². The summed E-state index contributed by atoms with van der Waals surface area (Å²) < 4.78 is 35.0. The normalized spacial score (nSPS) is 10.6. The van der Waals surface area contributed by atoms with Gasteiger partial charge in [0, 0.05) is 111 Å². The Bertz CT molecular complexity index is 4700. The Kier molecular flexibility index (Phi) is 28.1. The third-order valence-corrected chi connectivity index (χ3v) is 18.0. The highest BCUT2D eigenvalue weighted by molar-refractivity contribution is 6.34. The number of rotatable bonds is 24. The molecule has 552 valence electrons. The van der Waals surface area contributed by atoms with Crippen molar-refractivity contribution in [2.45, 2.75) is 86.0 Å². The molecule has 0 aliphatic rings. The molecule has 21 nitrogen and oxygen atoms in total. The Morgan fingerprint density at radius 1 is 0.361 bits per heavy atom. The van der Waals surface area contributed by atoms with Crippen LogP contribution in [0.2, 0.25) is 10.0 Å². The van der Waals surface area contributed by atoms with Crippen molar-refractivity contribution in [3.8, 4) is 44.5 Å². The van der Waals surface area contributed by atoms with E-state index in [4.69, 9.17) is 40.9 Å². The van der Waals surface area contributed by atoms with Crippen LogP contribution in [-0.4, -0.2) is 99.9 Å². The van der Waals surface area contributed by atoms with Crippen molar-refractivity contribution >= 4 is 92.7 Å².